The van der Waals surface area contributed by atoms with Crippen molar-refractivity contribution in [1.29, 1.82) is 0 Å². The summed E-state index contributed by atoms with van der Waals surface area (Å²) in [4.78, 5) is 0.416. The van der Waals surface area contributed by atoms with Crippen molar-refractivity contribution < 1.29 is 8.42 Å². The highest BCUT2D eigenvalue weighted by Crippen LogP contribution is 2.24. The summed E-state index contributed by atoms with van der Waals surface area (Å²) in [7, 11) is -3.27. The minimum absolute atomic E-state index is 0.0581. The molecule has 21 heavy (non-hydrogen) atoms. The Morgan fingerprint density at radius 3 is 2.00 bits per heavy atom. The summed E-state index contributed by atoms with van der Waals surface area (Å²) in [5.41, 5.74) is 1.06. The van der Waals surface area contributed by atoms with Gasteiger partial charge in [-0.3, -0.25) is 0 Å². The van der Waals surface area contributed by atoms with Gasteiger partial charge < -0.3 is 5.32 Å². The van der Waals surface area contributed by atoms with Crippen molar-refractivity contribution in [2.75, 3.05) is 12.3 Å². The van der Waals surface area contributed by atoms with Gasteiger partial charge in [0.1, 0.15) is 0 Å². The standard InChI is InChI=1S/C17H29NO2S/c1-7-18-16(17(4,5)6)12-21(19,20)15-10-8-14(9-11-15)13(2)3/h8-11,13,16,18H,7,12H2,1-6H3. The molecule has 120 valence electrons. The first kappa shape index (κ1) is 18.2. The number of hydrogen-bond acceptors (Lipinski definition) is 3. The van der Waals surface area contributed by atoms with Gasteiger partial charge in [0.25, 0.3) is 0 Å². The molecule has 1 N–H and O–H groups in total. The van der Waals surface area contributed by atoms with Gasteiger partial charge in [-0.15, -0.1) is 0 Å². The quantitative estimate of drug-likeness (QED) is 0.873. The van der Waals surface area contributed by atoms with E-state index in [0.717, 1.165) is 12.1 Å². The maximum atomic E-state index is 12.6. The Balaban J connectivity index is 2.99. The van der Waals surface area contributed by atoms with E-state index in [1.807, 2.05) is 19.1 Å². The third kappa shape index (κ3) is 5.11. The third-order valence-corrected chi connectivity index (χ3v) is 5.55. The van der Waals surface area contributed by atoms with Gasteiger partial charge in [0.15, 0.2) is 9.84 Å². The van der Waals surface area contributed by atoms with E-state index in [1.54, 1.807) is 12.1 Å². The summed E-state index contributed by atoms with van der Waals surface area (Å²) in [5, 5.41) is 3.30. The minimum atomic E-state index is -3.27. The Morgan fingerprint density at radius 1 is 1.10 bits per heavy atom. The van der Waals surface area contributed by atoms with Crippen LogP contribution in [0.15, 0.2) is 29.2 Å². The number of hydrogen-bond donors (Lipinski definition) is 1. The molecule has 0 heterocycles. The van der Waals surface area contributed by atoms with Crippen LogP contribution in [0.2, 0.25) is 0 Å². The van der Waals surface area contributed by atoms with Crippen molar-refractivity contribution in [3.63, 3.8) is 0 Å². The lowest BCUT2D eigenvalue weighted by Crippen LogP contribution is -2.45. The Bertz CT molecular complexity index is 539. The number of benzene rings is 1. The van der Waals surface area contributed by atoms with Crippen molar-refractivity contribution in [2.45, 2.75) is 58.4 Å². The maximum Gasteiger partial charge on any atom is 0.179 e. The fourth-order valence-electron chi connectivity index (χ4n) is 2.24. The molecule has 0 aromatic heterocycles. The molecule has 0 saturated heterocycles. The highest BCUT2D eigenvalue weighted by molar-refractivity contribution is 7.91. The van der Waals surface area contributed by atoms with Crippen LogP contribution in [0.3, 0.4) is 0 Å². The molecule has 1 aromatic rings. The number of sulfone groups is 1. The first-order chi connectivity index (χ1) is 9.58. The average molecular weight is 311 g/mol. The van der Waals surface area contributed by atoms with Gasteiger partial charge in [0.05, 0.1) is 10.6 Å². The minimum Gasteiger partial charge on any atom is -0.313 e. The molecule has 0 amide bonds. The van der Waals surface area contributed by atoms with Crippen LogP contribution in [-0.4, -0.2) is 26.8 Å². The van der Waals surface area contributed by atoms with Crippen LogP contribution >= 0.6 is 0 Å². The van der Waals surface area contributed by atoms with Crippen molar-refractivity contribution in [3.05, 3.63) is 29.8 Å². The molecule has 0 aliphatic carbocycles. The molecule has 1 rings (SSSR count). The average Bonchev–Trinajstić information content (AvgIpc) is 2.37. The first-order valence-electron chi connectivity index (χ1n) is 7.64. The van der Waals surface area contributed by atoms with E-state index in [9.17, 15) is 8.42 Å². The van der Waals surface area contributed by atoms with E-state index in [2.05, 4.69) is 39.9 Å². The van der Waals surface area contributed by atoms with Crippen LogP contribution in [0, 0.1) is 5.41 Å². The summed E-state index contributed by atoms with van der Waals surface area (Å²) < 4.78 is 25.2. The van der Waals surface area contributed by atoms with Crippen LogP contribution < -0.4 is 5.32 Å². The Kier molecular flexibility index (Phi) is 6.00. The highest BCUT2D eigenvalue weighted by Gasteiger charge is 2.29. The molecule has 0 spiro atoms. The van der Waals surface area contributed by atoms with Gasteiger partial charge in [0.2, 0.25) is 0 Å². The highest BCUT2D eigenvalue weighted by atomic mass is 32.2. The Morgan fingerprint density at radius 2 is 1.62 bits per heavy atom. The van der Waals surface area contributed by atoms with Crippen LogP contribution in [0.4, 0.5) is 0 Å². The monoisotopic (exact) mass is 311 g/mol. The smallest absolute Gasteiger partial charge is 0.179 e. The van der Waals surface area contributed by atoms with Gasteiger partial charge in [-0.1, -0.05) is 53.7 Å². The fourth-order valence-corrected chi connectivity index (χ4v) is 4.04. The molecule has 0 radical (unpaired) electrons. The predicted molar refractivity (Wildman–Crippen MR) is 89.5 cm³/mol. The molecule has 0 bridgehead atoms. The number of rotatable bonds is 6. The molecule has 0 fully saturated rings. The summed E-state index contributed by atoms with van der Waals surface area (Å²) in [6, 6.07) is 7.23. The van der Waals surface area contributed by atoms with Crippen molar-refractivity contribution in [1.82, 2.24) is 5.32 Å². The summed E-state index contributed by atoms with van der Waals surface area (Å²) in [6.45, 7) is 13.2. The van der Waals surface area contributed by atoms with E-state index in [1.165, 1.54) is 0 Å². The second-order valence-corrected chi connectivity index (χ2v) is 9.02. The van der Waals surface area contributed by atoms with Crippen molar-refractivity contribution in [3.8, 4) is 0 Å². The molecule has 1 aromatic carbocycles. The van der Waals surface area contributed by atoms with Crippen LogP contribution in [0.25, 0.3) is 0 Å². The fraction of sp³-hybridized carbons (Fsp3) is 0.647. The molecule has 0 aliphatic rings. The van der Waals surface area contributed by atoms with Crippen LogP contribution in [0.1, 0.15) is 53.0 Å². The lowest BCUT2D eigenvalue weighted by Gasteiger charge is -2.31. The summed E-state index contributed by atoms with van der Waals surface area (Å²) >= 11 is 0. The summed E-state index contributed by atoms with van der Waals surface area (Å²) in [6.07, 6.45) is 0. The molecule has 4 heteroatoms. The first-order valence-corrected chi connectivity index (χ1v) is 9.29. The molecule has 0 saturated carbocycles. The van der Waals surface area contributed by atoms with Crippen molar-refractivity contribution >= 4 is 9.84 Å². The molecule has 3 nitrogen and oxygen atoms in total. The molecular weight excluding hydrogens is 282 g/mol. The third-order valence-electron chi connectivity index (χ3n) is 3.79. The molecule has 1 atom stereocenters. The van der Waals surface area contributed by atoms with Gasteiger partial charge in [-0.25, -0.2) is 8.42 Å². The normalized spacial score (nSPS) is 14.4. The Labute approximate surface area is 130 Å². The van der Waals surface area contributed by atoms with Crippen LogP contribution in [-0.2, 0) is 9.84 Å². The SMILES string of the molecule is CCNC(CS(=O)(=O)c1ccc(C(C)C)cc1)C(C)(C)C. The van der Waals surface area contributed by atoms with Crippen molar-refractivity contribution in [2.24, 2.45) is 5.41 Å². The second-order valence-electron chi connectivity index (χ2n) is 6.98. The lowest BCUT2D eigenvalue weighted by molar-refractivity contribution is 0.292. The van der Waals surface area contributed by atoms with E-state index in [0.29, 0.717) is 10.8 Å². The zero-order valence-electron chi connectivity index (χ0n) is 14.1. The van der Waals surface area contributed by atoms with E-state index in [4.69, 9.17) is 0 Å². The van der Waals surface area contributed by atoms with Gasteiger partial charge in [0, 0.05) is 6.04 Å². The van der Waals surface area contributed by atoms with Gasteiger partial charge in [-0.2, -0.15) is 0 Å². The zero-order valence-corrected chi connectivity index (χ0v) is 14.9. The maximum absolute atomic E-state index is 12.6. The lowest BCUT2D eigenvalue weighted by atomic mass is 9.88. The van der Waals surface area contributed by atoms with Crippen LogP contribution in [0.5, 0.6) is 0 Å². The van der Waals surface area contributed by atoms with Gasteiger partial charge in [-0.05, 0) is 35.6 Å². The Hall–Kier alpha value is -0.870. The predicted octanol–water partition coefficient (Wildman–Crippen LogP) is 3.61. The second kappa shape index (κ2) is 6.93. The summed E-state index contributed by atoms with van der Waals surface area (Å²) in [5.74, 6) is 0.539. The van der Waals surface area contributed by atoms with E-state index in [-0.39, 0.29) is 17.2 Å². The molecule has 1 unspecified atom stereocenters. The van der Waals surface area contributed by atoms with Gasteiger partial charge >= 0.3 is 0 Å². The number of nitrogens with one attached hydrogen (secondary N) is 1. The zero-order chi connectivity index (χ0) is 16.3. The van der Waals surface area contributed by atoms with E-state index < -0.39 is 9.84 Å². The molecular formula is C17H29NO2S. The topological polar surface area (TPSA) is 46.2 Å². The van der Waals surface area contributed by atoms with E-state index >= 15 is 0 Å². The largest absolute Gasteiger partial charge is 0.313 e. The molecule has 0 aliphatic heterocycles.